The lowest BCUT2D eigenvalue weighted by Crippen LogP contribution is -2.34. The number of benzene rings is 1. The van der Waals surface area contributed by atoms with Gasteiger partial charge in [0, 0.05) is 47.5 Å². The largest absolute Gasteiger partial charge is 0.312 e. The molecule has 0 bridgehead atoms. The lowest BCUT2D eigenvalue weighted by Gasteiger charge is -2.20. The van der Waals surface area contributed by atoms with Gasteiger partial charge in [0.25, 0.3) is 0 Å². The monoisotopic (exact) mass is 496 g/mol. The Bertz CT molecular complexity index is 1370. The van der Waals surface area contributed by atoms with E-state index < -0.39 is 0 Å². The maximum Gasteiger partial charge on any atom is 0.222 e. The van der Waals surface area contributed by atoms with Crippen LogP contribution in [-0.2, 0) is 11.2 Å². The van der Waals surface area contributed by atoms with Crippen LogP contribution in [0.2, 0.25) is 0 Å². The summed E-state index contributed by atoms with van der Waals surface area (Å²) in [7, 11) is 0. The minimum absolute atomic E-state index is 0.0990. The van der Waals surface area contributed by atoms with Gasteiger partial charge >= 0.3 is 0 Å². The zero-order valence-electron chi connectivity index (χ0n) is 22.2. The number of pyridine rings is 1. The van der Waals surface area contributed by atoms with Crippen LogP contribution < -0.4 is 10.6 Å². The van der Waals surface area contributed by atoms with Crippen LogP contribution in [0.4, 0.5) is 5.82 Å². The van der Waals surface area contributed by atoms with E-state index in [9.17, 15) is 4.79 Å². The van der Waals surface area contributed by atoms with Crippen molar-refractivity contribution in [3.8, 4) is 22.4 Å². The van der Waals surface area contributed by atoms with Gasteiger partial charge in [0.15, 0.2) is 5.65 Å². The second-order valence-corrected chi connectivity index (χ2v) is 10.3. The first-order valence-electron chi connectivity index (χ1n) is 13.4. The van der Waals surface area contributed by atoms with E-state index in [1.807, 2.05) is 36.7 Å². The highest BCUT2D eigenvalue weighted by Crippen LogP contribution is 2.46. The number of hydrogen-bond acceptors (Lipinski definition) is 5. The van der Waals surface area contributed by atoms with Gasteiger partial charge in [-0.1, -0.05) is 43.3 Å². The van der Waals surface area contributed by atoms with Crippen LogP contribution in [0.25, 0.3) is 28.0 Å². The Balaban J connectivity index is 1.54. The quantitative estimate of drug-likeness (QED) is 0.281. The van der Waals surface area contributed by atoms with Crippen molar-refractivity contribution in [1.82, 2.24) is 24.9 Å². The summed E-state index contributed by atoms with van der Waals surface area (Å²) < 4.78 is 1.81. The molecule has 4 aromatic rings. The molecule has 2 N–H and O–H groups in total. The number of aromatic nitrogens is 4. The maximum atomic E-state index is 12.2. The predicted octanol–water partition coefficient (Wildman–Crippen LogP) is 6.00. The van der Waals surface area contributed by atoms with E-state index in [0.717, 1.165) is 77.2 Å². The van der Waals surface area contributed by atoms with E-state index in [1.165, 1.54) is 0 Å². The first-order valence-corrected chi connectivity index (χ1v) is 13.4. The van der Waals surface area contributed by atoms with Crippen molar-refractivity contribution < 1.29 is 4.79 Å². The number of nitrogens with one attached hydrogen (secondary N) is 2. The number of carbonyl (C=O) groups is 1. The van der Waals surface area contributed by atoms with Gasteiger partial charge in [-0.05, 0) is 57.9 Å². The van der Waals surface area contributed by atoms with Crippen LogP contribution in [0.5, 0.6) is 0 Å². The van der Waals surface area contributed by atoms with Crippen LogP contribution in [0.15, 0.2) is 54.9 Å². The zero-order chi connectivity index (χ0) is 25.9. The fourth-order valence-electron chi connectivity index (χ4n) is 4.91. The summed E-state index contributed by atoms with van der Waals surface area (Å²) in [5, 5.41) is 11.5. The van der Waals surface area contributed by atoms with Crippen LogP contribution in [0.3, 0.4) is 0 Å². The molecule has 1 aromatic carbocycles. The molecule has 1 amide bonds. The molecule has 2 atom stereocenters. The lowest BCUT2D eigenvalue weighted by molar-refractivity contribution is -0.114. The minimum atomic E-state index is -0.0990. The highest BCUT2D eigenvalue weighted by molar-refractivity contribution is 5.90. The topological polar surface area (TPSA) is 84.2 Å². The van der Waals surface area contributed by atoms with Gasteiger partial charge in [-0.25, -0.2) is 4.98 Å². The van der Waals surface area contributed by atoms with E-state index in [0.29, 0.717) is 18.0 Å². The molecule has 0 spiro atoms. The van der Waals surface area contributed by atoms with Gasteiger partial charge < -0.3 is 10.6 Å². The second-order valence-electron chi connectivity index (χ2n) is 10.3. The Labute approximate surface area is 218 Å². The van der Waals surface area contributed by atoms with Crippen molar-refractivity contribution in [2.45, 2.75) is 77.8 Å². The zero-order valence-corrected chi connectivity index (χ0v) is 22.2. The molecule has 3 aromatic heterocycles. The van der Waals surface area contributed by atoms with Crippen LogP contribution in [0, 0.1) is 0 Å². The average molecular weight is 497 g/mol. The molecule has 1 fully saturated rings. The summed E-state index contributed by atoms with van der Waals surface area (Å²) in [4.78, 5) is 22.1. The number of anilines is 1. The lowest BCUT2D eigenvalue weighted by atomic mass is 10.0. The Morgan fingerprint density at radius 3 is 2.49 bits per heavy atom. The average Bonchev–Trinajstić information content (AvgIpc) is 3.65. The van der Waals surface area contributed by atoms with E-state index in [-0.39, 0.29) is 5.91 Å². The van der Waals surface area contributed by atoms with Gasteiger partial charge in [0.1, 0.15) is 5.82 Å². The standard InChI is InChI=1S/C30H36N6O/c1-5-19(2)33-20(3)11-15-27-28(23-12-13-23)30(34-21(4)37)36-29(35-27)25(18-32-36)24-14-16-26(31-17-24)22-9-7-6-8-10-22/h6-10,14,16-20,23,33H,5,11-13,15H2,1-4H3,(H,34,37)/t19-,20+/m0/s1. The Kier molecular flexibility index (Phi) is 7.33. The molecule has 7 heteroatoms. The van der Waals surface area contributed by atoms with E-state index >= 15 is 0 Å². The van der Waals surface area contributed by atoms with Crippen molar-refractivity contribution in [2.24, 2.45) is 0 Å². The van der Waals surface area contributed by atoms with Gasteiger partial charge in [-0.2, -0.15) is 9.61 Å². The fraction of sp³-hybridized carbons (Fsp3) is 0.400. The first-order chi connectivity index (χ1) is 17.9. The van der Waals surface area contributed by atoms with Crippen molar-refractivity contribution in [2.75, 3.05) is 5.32 Å². The van der Waals surface area contributed by atoms with Gasteiger partial charge in [0.2, 0.25) is 5.91 Å². The van der Waals surface area contributed by atoms with Gasteiger partial charge in [-0.15, -0.1) is 0 Å². The molecule has 0 unspecified atom stereocenters. The maximum absolute atomic E-state index is 12.2. The van der Waals surface area contributed by atoms with Crippen molar-refractivity contribution in [3.63, 3.8) is 0 Å². The predicted molar refractivity (Wildman–Crippen MR) is 149 cm³/mol. The molecule has 3 heterocycles. The molecular formula is C30H36N6O. The molecule has 37 heavy (non-hydrogen) atoms. The van der Waals surface area contributed by atoms with Crippen LogP contribution in [-0.4, -0.2) is 37.6 Å². The van der Waals surface area contributed by atoms with E-state index in [2.05, 4.69) is 54.7 Å². The Morgan fingerprint density at radius 1 is 1.05 bits per heavy atom. The van der Waals surface area contributed by atoms with E-state index in [4.69, 9.17) is 9.97 Å². The van der Waals surface area contributed by atoms with Crippen molar-refractivity contribution in [1.29, 1.82) is 0 Å². The Hall–Kier alpha value is -3.58. The summed E-state index contributed by atoms with van der Waals surface area (Å²) in [6.07, 6.45) is 8.87. The first kappa shape index (κ1) is 25.1. The molecule has 1 aliphatic carbocycles. The summed E-state index contributed by atoms with van der Waals surface area (Å²) in [5.74, 6) is 1.08. The summed E-state index contributed by atoms with van der Waals surface area (Å²) in [6.45, 7) is 8.21. The van der Waals surface area contributed by atoms with Crippen LogP contribution in [0.1, 0.15) is 70.6 Å². The highest BCUT2D eigenvalue weighted by atomic mass is 16.1. The molecule has 1 saturated carbocycles. The number of hydrogen-bond donors (Lipinski definition) is 2. The fourth-order valence-corrected chi connectivity index (χ4v) is 4.91. The van der Waals surface area contributed by atoms with Gasteiger partial charge in [-0.3, -0.25) is 9.78 Å². The number of nitrogens with zero attached hydrogens (tertiary/aromatic N) is 4. The van der Waals surface area contributed by atoms with Gasteiger partial charge in [0.05, 0.1) is 17.6 Å². The molecule has 0 saturated heterocycles. The summed E-state index contributed by atoms with van der Waals surface area (Å²) >= 11 is 0. The normalized spacial score (nSPS) is 15.0. The molecule has 5 rings (SSSR count). The molecular weight excluding hydrogens is 460 g/mol. The molecule has 1 aliphatic rings. The smallest absolute Gasteiger partial charge is 0.222 e. The molecule has 192 valence electrons. The summed E-state index contributed by atoms with van der Waals surface area (Å²) in [5.41, 5.74) is 6.82. The number of carbonyl (C=O) groups excluding carboxylic acids is 1. The summed E-state index contributed by atoms with van der Waals surface area (Å²) in [6, 6.07) is 15.1. The third kappa shape index (κ3) is 5.57. The third-order valence-corrected chi connectivity index (χ3v) is 7.18. The molecule has 0 aliphatic heterocycles. The number of fused-ring (bicyclic) bond motifs is 1. The molecule has 0 radical (unpaired) electrons. The minimum Gasteiger partial charge on any atom is -0.312 e. The second kappa shape index (κ2) is 10.8. The Morgan fingerprint density at radius 2 is 1.84 bits per heavy atom. The van der Waals surface area contributed by atoms with Crippen molar-refractivity contribution in [3.05, 3.63) is 66.1 Å². The SMILES string of the molecule is CC[C@H](C)N[C@H](C)CCc1nc2c(-c3ccc(-c4ccccc4)nc3)cnn2c(NC(C)=O)c1C1CC1. The van der Waals surface area contributed by atoms with E-state index in [1.54, 1.807) is 11.4 Å². The molecule has 7 nitrogen and oxygen atoms in total. The number of rotatable bonds is 10. The third-order valence-electron chi connectivity index (χ3n) is 7.18. The number of aryl methyl sites for hydroxylation is 1. The van der Waals surface area contributed by atoms with Crippen molar-refractivity contribution >= 4 is 17.4 Å². The highest BCUT2D eigenvalue weighted by Gasteiger charge is 2.32. The van der Waals surface area contributed by atoms with Crippen LogP contribution >= 0.6 is 0 Å². The number of amides is 1.